The summed E-state index contributed by atoms with van der Waals surface area (Å²) in [4.78, 5) is 4.39. The molecule has 0 fully saturated rings. The molecular formula is C12H18N2. The van der Waals surface area contributed by atoms with Crippen LogP contribution in [0, 0.1) is 16.7 Å². The molecule has 0 radical (unpaired) electrons. The smallest absolute Gasteiger partial charge is 0.101 e. The summed E-state index contributed by atoms with van der Waals surface area (Å²) >= 11 is 0. The predicted molar refractivity (Wildman–Crippen MR) is 61.1 cm³/mol. The second kappa shape index (κ2) is 4.76. The average molecular weight is 190 g/mol. The number of nitrogens with zero attached hydrogens (tertiary/aromatic N) is 2. The maximum Gasteiger partial charge on any atom is 0.101 e. The molecule has 0 aromatic heterocycles. The highest BCUT2D eigenvalue weighted by Gasteiger charge is 2.19. The second-order valence-corrected chi connectivity index (χ2v) is 4.39. The van der Waals surface area contributed by atoms with E-state index >= 15 is 0 Å². The SMILES string of the molecule is C=C/C(C#N)=C(\N=C(C)C)C(C)(C)C. The van der Waals surface area contributed by atoms with Crippen molar-refractivity contribution in [1.29, 1.82) is 5.26 Å². The van der Waals surface area contributed by atoms with Gasteiger partial charge in [-0.2, -0.15) is 5.26 Å². The first kappa shape index (κ1) is 12.6. The van der Waals surface area contributed by atoms with Crippen molar-refractivity contribution in [3.8, 4) is 6.07 Å². The van der Waals surface area contributed by atoms with Crippen LogP contribution in [0.5, 0.6) is 0 Å². The molecule has 0 amide bonds. The van der Waals surface area contributed by atoms with Gasteiger partial charge in [-0.3, -0.25) is 4.99 Å². The Morgan fingerprint density at radius 2 is 1.86 bits per heavy atom. The van der Waals surface area contributed by atoms with Gasteiger partial charge < -0.3 is 0 Å². The van der Waals surface area contributed by atoms with Crippen molar-refractivity contribution in [1.82, 2.24) is 0 Å². The first-order valence-electron chi connectivity index (χ1n) is 4.62. The van der Waals surface area contributed by atoms with Crippen molar-refractivity contribution in [2.24, 2.45) is 10.4 Å². The summed E-state index contributed by atoms with van der Waals surface area (Å²) in [5.74, 6) is 0. The van der Waals surface area contributed by atoms with Crippen LogP contribution >= 0.6 is 0 Å². The number of hydrogen-bond acceptors (Lipinski definition) is 2. The standard InChI is InChI=1S/C12H18N2/c1-7-10(8-13)11(12(4,5)6)14-9(2)3/h7H,1H2,2-6H3/b11-10+. The molecule has 0 aliphatic rings. The molecule has 0 saturated carbocycles. The first-order valence-corrected chi connectivity index (χ1v) is 4.62. The Labute approximate surface area is 86.7 Å². The van der Waals surface area contributed by atoms with Crippen molar-refractivity contribution in [3.63, 3.8) is 0 Å². The molecule has 0 aliphatic carbocycles. The van der Waals surface area contributed by atoms with Crippen LogP contribution in [0.3, 0.4) is 0 Å². The number of allylic oxidation sites excluding steroid dienone is 3. The lowest BCUT2D eigenvalue weighted by atomic mass is 9.89. The molecular weight excluding hydrogens is 172 g/mol. The molecule has 0 aliphatic heterocycles. The van der Waals surface area contributed by atoms with Crippen molar-refractivity contribution >= 4 is 5.71 Å². The minimum absolute atomic E-state index is 0.128. The lowest BCUT2D eigenvalue weighted by Gasteiger charge is -2.20. The van der Waals surface area contributed by atoms with Crippen molar-refractivity contribution < 1.29 is 0 Å². The molecule has 2 heteroatoms. The number of nitriles is 1. The molecule has 0 atom stereocenters. The zero-order valence-corrected chi connectivity index (χ0v) is 9.68. The fourth-order valence-electron chi connectivity index (χ4n) is 1.05. The van der Waals surface area contributed by atoms with Crippen LogP contribution in [0.2, 0.25) is 0 Å². The minimum Gasteiger partial charge on any atom is -0.261 e. The average Bonchev–Trinajstić information content (AvgIpc) is 2.02. The van der Waals surface area contributed by atoms with Crippen molar-refractivity contribution in [2.75, 3.05) is 0 Å². The molecule has 0 heterocycles. The molecule has 0 aromatic carbocycles. The number of aliphatic imine (C=N–C) groups is 1. The van der Waals surface area contributed by atoms with E-state index in [1.54, 1.807) is 6.08 Å². The van der Waals surface area contributed by atoms with Gasteiger partial charge in [0, 0.05) is 11.1 Å². The highest BCUT2D eigenvalue weighted by Crippen LogP contribution is 2.29. The minimum atomic E-state index is -0.128. The van der Waals surface area contributed by atoms with Gasteiger partial charge in [0.15, 0.2) is 0 Å². The highest BCUT2D eigenvalue weighted by molar-refractivity contribution is 5.80. The molecule has 0 rings (SSSR count). The van der Waals surface area contributed by atoms with E-state index in [0.29, 0.717) is 5.57 Å². The molecule has 0 unspecified atom stereocenters. The Morgan fingerprint density at radius 3 is 2.07 bits per heavy atom. The molecule has 0 N–H and O–H groups in total. The summed E-state index contributed by atoms with van der Waals surface area (Å²) in [6, 6.07) is 2.12. The van der Waals surface area contributed by atoms with Gasteiger partial charge in [0.2, 0.25) is 0 Å². The summed E-state index contributed by atoms with van der Waals surface area (Å²) in [6.07, 6.45) is 1.56. The fourth-order valence-corrected chi connectivity index (χ4v) is 1.05. The van der Waals surface area contributed by atoms with E-state index in [0.717, 1.165) is 11.4 Å². The van der Waals surface area contributed by atoms with E-state index in [9.17, 15) is 0 Å². The lowest BCUT2D eigenvalue weighted by Crippen LogP contribution is -2.10. The van der Waals surface area contributed by atoms with Gasteiger partial charge in [-0.05, 0) is 19.9 Å². The van der Waals surface area contributed by atoms with Gasteiger partial charge in [-0.1, -0.05) is 27.4 Å². The lowest BCUT2D eigenvalue weighted by molar-refractivity contribution is 0.496. The van der Waals surface area contributed by atoms with Crippen LogP contribution in [0.1, 0.15) is 34.6 Å². The summed E-state index contributed by atoms with van der Waals surface area (Å²) in [5, 5.41) is 8.92. The van der Waals surface area contributed by atoms with Crippen LogP contribution in [0.4, 0.5) is 0 Å². The Hall–Kier alpha value is -1.36. The summed E-state index contributed by atoms with van der Waals surface area (Å²) in [7, 11) is 0. The summed E-state index contributed by atoms with van der Waals surface area (Å²) in [6.45, 7) is 13.6. The molecule has 0 bridgehead atoms. The number of hydrogen-bond donors (Lipinski definition) is 0. The van der Waals surface area contributed by atoms with Crippen LogP contribution in [-0.2, 0) is 0 Å². The third-order valence-electron chi connectivity index (χ3n) is 1.63. The number of rotatable bonds is 2. The van der Waals surface area contributed by atoms with E-state index in [4.69, 9.17) is 5.26 Å². The van der Waals surface area contributed by atoms with E-state index < -0.39 is 0 Å². The van der Waals surface area contributed by atoms with E-state index in [2.05, 4.69) is 17.6 Å². The molecule has 0 aromatic rings. The molecule has 14 heavy (non-hydrogen) atoms. The summed E-state index contributed by atoms with van der Waals surface area (Å²) < 4.78 is 0. The van der Waals surface area contributed by atoms with Crippen LogP contribution in [0.15, 0.2) is 28.9 Å². The van der Waals surface area contributed by atoms with Crippen LogP contribution in [0.25, 0.3) is 0 Å². The van der Waals surface area contributed by atoms with E-state index in [-0.39, 0.29) is 5.41 Å². The first-order chi connectivity index (χ1) is 6.32. The normalized spacial score (nSPS) is 12.6. The topological polar surface area (TPSA) is 36.1 Å². The van der Waals surface area contributed by atoms with Gasteiger partial charge in [-0.25, -0.2) is 0 Å². The van der Waals surface area contributed by atoms with E-state index in [1.165, 1.54) is 0 Å². The maximum absolute atomic E-state index is 8.92. The Bertz CT molecular complexity index is 315. The van der Waals surface area contributed by atoms with Gasteiger partial charge in [0.1, 0.15) is 6.07 Å². The second-order valence-electron chi connectivity index (χ2n) is 4.39. The molecule has 76 valence electrons. The molecule has 0 spiro atoms. The highest BCUT2D eigenvalue weighted by atomic mass is 14.8. The zero-order chi connectivity index (χ0) is 11.4. The maximum atomic E-state index is 8.92. The predicted octanol–water partition coefficient (Wildman–Crippen LogP) is 3.48. The van der Waals surface area contributed by atoms with E-state index in [1.807, 2.05) is 34.6 Å². The van der Waals surface area contributed by atoms with Crippen LogP contribution < -0.4 is 0 Å². The summed E-state index contributed by atoms with van der Waals surface area (Å²) in [5.41, 5.74) is 2.18. The zero-order valence-electron chi connectivity index (χ0n) is 9.68. The Balaban J connectivity index is 5.56. The van der Waals surface area contributed by atoms with Gasteiger partial charge in [-0.15, -0.1) is 0 Å². The fraction of sp³-hybridized carbons (Fsp3) is 0.500. The third kappa shape index (κ3) is 3.57. The Kier molecular flexibility index (Phi) is 4.30. The van der Waals surface area contributed by atoms with Gasteiger partial charge in [0.05, 0.1) is 11.3 Å². The van der Waals surface area contributed by atoms with Crippen molar-refractivity contribution in [2.45, 2.75) is 34.6 Å². The van der Waals surface area contributed by atoms with Crippen LogP contribution in [-0.4, -0.2) is 5.71 Å². The molecule has 0 saturated heterocycles. The third-order valence-corrected chi connectivity index (χ3v) is 1.63. The van der Waals surface area contributed by atoms with Gasteiger partial charge >= 0.3 is 0 Å². The van der Waals surface area contributed by atoms with Crippen molar-refractivity contribution in [3.05, 3.63) is 23.9 Å². The quantitative estimate of drug-likeness (QED) is 0.373. The van der Waals surface area contributed by atoms with Gasteiger partial charge in [0.25, 0.3) is 0 Å². The monoisotopic (exact) mass is 190 g/mol. The largest absolute Gasteiger partial charge is 0.261 e. The molecule has 2 nitrogen and oxygen atoms in total. The Morgan fingerprint density at radius 1 is 1.36 bits per heavy atom.